The lowest BCUT2D eigenvalue weighted by atomic mass is 10.1. The lowest BCUT2D eigenvalue weighted by Gasteiger charge is -2.16. The number of ether oxygens (including phenoxy) is 2. The van der Waals surface area contributed by atoms with Gasteiger partial charge in [0.05, 0.1) is 17.7 Å². The fourth-order valence-corrected chi connectivity index (χ4v) is 3.00. The topological polar surface area (TPSA) is 30.5 Å². The summed E-state index contributed by atoms with van der Waals surface area (Å²) in [5, 5.41) is 3.50. The maximum absolute atomic E-state index is 5.72. The Hall–Kier alpha value is -1.68. The van der Waals surface area contributed by atoms with Crippen molar-refractivity contribution in [1.82, 2.24) is 0 Å². The van der Waals surface area contributed by atoms with Gasteiger partial charge in [-0.3, -0.25) is 0 Å². The smallest absolute Gasteiger partial charge is 0.175 e. The average Bonchev–Trinajstić information content (AvgIpc) is 2.52. The fourth-order valence-electron chi connectivity index (χ4n) is 2.39. The van der Waals surface area contributed by atoms with Crippen molar-refractivity contribution in [2.45, 2.75) is 34.2 Å². The lowest BCUT2D eigenvalue weighted by molar-refractivity contribution is 0.286. The van der Waals surface area contributed by atoms with Crippen molar-refractivity contribution in [1.29, 1.82) is 0 Å². The van der Waals surface area contributed by atoms with Crippen LogP contribution in [0.15, 0.2) is 34.8 Å². The Kier molecular flexibility index (Phi) is 6.34. The molecule has 0 unspecified atom stereocenters. The molecular weight excluding hydrogens is 354 g/mol. The van der Waals surface area contributed by atoms with E-state index in [4.69, 9.17) is 9.47 Å². The van der Waals surface area contributed by atoms with Crippen LogP contribution < -0.4 is 14.8 Å². The van der Waals surface area contributed by atoms with E-state index in [1.807, 2.05) is 19.9 Å². The van der Waals surface area contributed by atoms with Crippen LogP contribution in [0.3, 0.4) is 0 Å². The molecule has 124 valence electrons. The van der Waals surface area contributed by atoms with E-state index < -0.39 is 0 Å². The van der Waals surface area contributed by atoms with Gasteiger partial charge in [-0.25, -0.2) is 0 Å². The van der Waals surface area contributed by atoms with Crippen LogP contribution in [0.1, 0.15) is 30.5 Å². The van der Waals surface area contributed by atoms with E-state index in [0.29, 0.717) is 13.2 Å². The molecule has 3 nitrogen and oxygen atoms in total. The first-order valence-corrected chi connectivity index (χ1v) is 8.73. The number of nitrogens with one attached hydrogen (secondary N) is 1. The Morgan fingerprint density at radius 1 is 1.00 bits per heavy atom. The van der Waals surface area contributed by atoms with Crippen molar-refractivity contribution in [2.24, 2.45) is 0 Å². The first-order valence-electron chi connectivity index (χ1n) is 7.94. The molecule has 0 bridgehead atoms. The van der Waals surface area contributed by atoms with E-state index >= 15 is 0 Å². The van der Waals surface area contributed by atoms with Crippen LogP contribution in [0, 0.1) is 13.8 Å². The Balaban J connectivity index is 2.21. The summed E-state index contributed by atoms with van der Waals surface area (Å²) in [4.78, 5) is 0. The maximum Gasteiger partial charge on any atom is 0.175 e. The summed E-state index contributed by atoms with van der Waals surface area (Å²) < 4.78 is 12.3. The van der Waals surface area contributed by atoms with Gasteiger partial charge >= 0.3 is 0 Å². The third-order valence-electron chi connectivity index (χ3n) is 3.53. The van der Waals surface area contributed by atoms with Crippen LogP contribution in [0.5, 0.6) is 11.5 Å². The highest BCUT2D eigenvalue weighted by molar-refractivity contribution is 9.10. The monoisotopic (exact) mass is 377 g/mol. The van der Waals surface area contributed by atoms with Gasteiger partial charge in [0.2, 0.25) is 0 Å². The Labute approximate surface area is 147 Å². The number of hydrogen-bond donors (Lipinski definition) is 1. The van der Waals surface area contributed by atoms with Crippen LogP contribution in [-0.4, -0.2) is 13.2 Å². The minimum Gasteiger partial charge on any atom is -0.490 e. The van der Waals surface area contributed by atoms with Gasteiger partial charge in [0.1, 0.15) is 0 Å². The predicted molar refractivity (Wildman–Crippen MR) is 99.7 cm³/mol. The van der Waals surface area contributed by atoms with Crippen molar-refractivity contribution < 1.29 is 9.47 Å². The first kappa shape index (κ1) is 17.7. The summed E-state index contributed by atoms with van der Waals surface area (Å²) in [5.74, 6) is 1.55. The number of hydrogen-bond acceptors (Lipinski definition) is 3. The molecule has 0 aliphatic heterocycles. The van der Waals surface area contributed by atoms with E-state index in [2.05, 4.69) is 59.4 Å². The number of rotatable bonds is 7. The van der Waals surface area contributed by atoms with E-state index in [9.17, 15) is 0 Å². The highest BCUT2D eigenvalue weighted by Gasteiger charge is 2.12. The molecule has 2 aromatic rings. The van der Waals surface area contributed by atoms with Gasteiger partial charge in [-0.1, -0.05) is 12.1 Å². The normalized spacial score (nSPS) is 10.5. The third kappa shape index (κ3) is 4.64. The Morgan fingerprint density at radius 3 is 2.43 bits per heavy atom. The summed E-state index contributed by atoms with van der Waals surface area (Å²) in [7, 11) is 0. The predicted octanol–water partition coefficient (Wildman–Crippen LogP) is 5.48. The van der Waals surface area contributed by atoms with Gasteiger partial charge in [0, 0.05) is 12.2 Å². The standard InChI is InChI=1S/C19H24BrNO2/c1-5-22-18-11-15(10-16(20)19(18)23-6-2)12-21-17-9-13(3)7-8-14(17)4/h7-11,21H,5-6,12H2,1-4H3. The van der Waals surface area contributed by atoms with E-state index in [-0.39, 0.29) is 0 Å². The van der Waals surface area contributed by atoms with Crippen LogP contribution in [0.4, 0.5) is 5.69 Å². The van der Waals surface area contributed by atoms with Crippen molar-refractivity contribution in [3.63, 3.8) is 0 Å². The molecule has 0 aliphatic rings. The second-order valence-electron chi connectivity index (χ2n) is 5.44. The first-order chi connectivity index (χ1) is 11.0. The van der Waals surface area contributed by atoms with E-state index in [1.54, 1.807) is 0 Å². The maximum atomic E-state index is 5.72. The van der Waals surface area contributed by atoms with Gasteiger partial charge < -0.3 is 14.8 Å². The van der Waals surface area contributed by atoms with Gasteiger partial charge in [-0.2, -0.15) is 0 Å². The quantitative estimate of drug-likeness (QED) is 0.693. The van der Waals surface area contributed by atoms with Crippen molar-refractivity contribution in [3.8, 4) is 11.5 Å². The SMILES string of the molecule is CCOc1cc(CNc2cc(C)ccc2C)cc(Br)c1OCC. The zero-order chi connectivity index (χ0) is 16.8. The van der Waals surface area contributed by atoms with E-state index in [1.165, 1.54) is 11.1 Å². The molecule has 0 spiro atoms. The molecule has 0 aliphatic carbocycles. The molecule has 2 rings (SSSR count). The lowest BCUT2D eigenvalue weighted by Crippen LogP contribution is -2.04. The van der Waals surface area contributed by atoms with Crippen molar-refractivity contribution in [3.05, 3.63) is 51.5 Å². The molecule has 23 heavy (non-hydrogen) atoms. The summed E-state index contributed by atoms with van der Waals surface area (Å²) in [5.41, 5.74) is 4.80. The molecule has 0 saturated heterocycles. The highest BCUT2D eigenvalue weighted by Crippen LogP contribution is 2.37. The van der Waals surface area contributed by atoms with Crippen LogP contribution >= 0.6 is 15.9 Å². The molecular formula is C19H24BrNO2. The fraction of sp³-hybridized carbons (Fsp3) is 0.368. The largest absolute Gasteiger partial charge is 0.490 e. The average molecular weight is 378 g/mol. The second-order valence-corrected chi connectivity index (χ2v) is 6.30. The molecule has 4 heteroatoms. The zero-order valence-electron chi connectivity index (χ0n) is 14.2. The van der Waals surface area contributed by atoms with Gasteiger partial charge in [-0.15, -0.1) is 0 Å². The van der Waals surface area contributed by atoms with Gasteiger partial charge in [0.25, 0.3) is 0 Å². The molecule has 0 atom stereocenters. The molecule has 0 fully saturated rings. The number of anilines is 1. The Bertz CT molecular complexity index is 671. The molecule has 0 aromatic heterocycles. The number of halogens is 1. The minimum absolute atomic E-state index is 0.610. The summed E-state index contributed by atoms with van der Waals surface area (Å²) in [6, 6.07) is 10.5. The van der Waals surface area contributed by atoms with Crippen LogP contribution in [0.25, 0.3) is 0 Å². The number of benzene rings is 2. The van der Waals surface area contributed by atoms with Crippen LogP contribution in [0.2, 0.25) is 0 Å². The molecule has 0 saturated carbocycles. The molecule has 0 radical (unpaired) electrons. The molecule has 0 heterocycles. The van der Waals surface area contributed by atoms with Crippen molar-refractivity contribution in [2.75, 3.05) is 18.5 Å². The number of aryl methyl sites for hydroxylation is 2. The summed E-state index contributed by atoms with van der Waals surface area (Å²) in [6.07, 6.45) is 0. The summed E-state index contributed by atoms with van der Waals surface area (Å²) in [6.45, 7) is 10.1. The van der Waals surface area contributed by atoms with Crippen LogP contribution in [-0.2, 0) is 6.54 Å². The third-order valence-corrected chi connectivity index (χ3v) is 4.12. The zero-order valence-corrected chi connectivity index (χ0v) is 15.8. The van der Waals surface area contributed by atoms with E-state index in [0.717, 1.165) is 33.8 Å². The van der Waals surface area contributed by atoms with Gasteiger partial charge in [-0.05, 0) is 78.5 Å². The summed E-state index contributed by atoms with van der Waals surface area (Å²) >= 11 is 3.59. The molecule has 1 N–H and O–H groups in total. The van der Waals surface area contributed by atoms with Crippen molar-refractivity contribution >= 4 is 21.6 Å². The molecule has 0 amide bonds. The highest BCUT2D eigenvalue weighted by atomic mass is 79.9. The molecule has 2 aromatic carbocycles. The van der Waals surface area contributed by atoms with Gasteiger partial charge in [0.15, 0.2) is 11.5 Å². The second kappa shape index (κ2) is 8.25. The Morgan fingerprint density at radius 2 is 1.74 bits per heavy atom. The minimum atomic E-state index is 0.610.